The smallest absolute Gasteiger partial charge is 0.313 e. The minimum atomic E-state index is -0.644. The number of esters is 1. The number of benzene rings is 1. The number of cyclic esters (lactones) is 1. The number of hydrogen-bond acceptors (Lipinski definition) is 5. The predicted octanol–water partition coefficient (Wildman–Crippen LogP) is 4.04. The van der Waals surface area contributed by atoms with Crippen molar-refractivity contribution >= 4 is 11.8 Å². The molecule has 0 amide bonds. The van der Waals surface area contributed by atoms with Crippen molar-refractivity contribution in [2.24, 2.45) is 5.92 Å². The molecule has 1 unspecified atom stereocenters. The summed E-state index contributed by atoms with van der Waals surface area (Å²) in [4.78, 5) is 24.4. The molecule has 0 spiro atoms. The van der Waals surface area contributed by atoms with E-state index >= 15 is 0 Å². The van der Waals surface area contributed by atoms with Crippen LogP contribution in [0.25, 0.3) is 0 Å². The molecule has 2 fully saturated rings. The van der Waals surface area contributed by atoms with Crippen molar-refractivity contribution in [3.63, 3.8) is 0 Å². The molecule has 0 radical (unpaired) electrons. The lowest BCUT2D eigenvalue weighted by molar-refractivity contribution is -0.178. The van der Waals surface area contributed by atoms with Gasteiger partial charge in [-0.2, -0.15) is 0 Å². The van der Waals surface area contributed by atoms with Gasteiger partial charge < -0.3 is 14.2 Å². The number of Topliss-reactive ketones (excluding diaryl/α,β-unsaturated/α-hetero) is 1. The molecule has 1 atom stereocenters. The standard InChI is InChI=1S/C23H32O5/c1-3-17-8-9-21(27-13-12-26-2)18(14-17)10-11-23(19-6-4-5-7-19)16-20(24)15-22(25)28-23/h8-9,14,19H,3-7,10-13,15-16H2,1-2H3. The maximum Gasteiger partial charge on any atom is 0.313 e. The molecule has 1 aromatic rings. The first-order valence-corrected chi connectivity index (χ1v) is 10.5. The van der Waals surface area contributed by atoms with Crippen LogP contribution in [-0.4, -0.2) is 37.7 Å². The topological polar surface area (TPSA) is 61.8 Å². The monoisotopic (exact) mass is 388 g/mol. The first-order chi connectivity index (χ1) is 13.6. The van der Waals surface area contributed by atoms with E-state index in [0.29, 0.717) is 26.1 Å². The molecule has 2 aliphatic rings. The Bertz CT molecular complexity index is 674. The van der Waals surface area contributed by atoms with Gasteiger partial charge in [-0.15, -0.1) is 0 Å². The highest BCUT2D eigenvalue weighted by atomic mass is 16.6. The fourth-order valence-electron chi connectivity index (χ4n) is 4.65. The van der Waals surface area contributed by atoms with Gasteiger partial charge in [-0.1, -0.05) is 31.9 Å². The maximum absolute atomic E-state index is 12.3. The maximum atomic E-state index is 12.3. The van der Waals surface area contributed by atoms with Crippen LogP contribution in [0.3, 0.4) is 0 Å². The zero-order valence-corrected chi connectivity index (χ0v) is 17.1. The van der Waals surface area contributed by atoms with E-state index in [9.17, 15) is 9.59 Å². The van der Waals surface area contributed by atoms with Crippen LogP contribution in [-0.2, 0) is 31.9 Å². The molecule has 0 bridgehead atoms. The van der Waals surface area contributed by atoms with Gasteiger partial charge in [-0.05, 0) is 55.2 Å². The van der Waals surface area contributed by atoms with E-state index in [2.05, 4.69) is 19.1 Å². The van der Waals surface area contributed by atoms with Crippen molar-refractivity contribution in [3.8, 4) is 5.75 Å². The van der Waals surface area contributed by atoms with Gasteiger partial charge in [0.05, 0.1) is 6.61 Å². The summed E-state index contributed by atoms with van der Waals surface area (Å²) in [6.07, 6.45) is 6.99. The number of ketones is 1. The molecule has 1 aliphatic carbocycles. The highest BCUT2D eigenvalue weighted by molar-refractivity contribution is 5.98. The summed E-state index contributed by atoms with van der Waals surface area (Å²) < 4.78 is 16.9. The van der Waals surface area contributed by atoms with Crippen LogP contribution >= 0.6 is 0 Å². The molecule has 154 valence electrons. The second-order valence-electron chi connectivity index (χ2n) is 8.05. The third-order valence-electron chi connectivity index (χ3n) is 6.15. The van der Waals surface area contributed by atoms with E-state index in [1.165, 1.54) is 5.56 Å². The Balaban J connectivity index is 1.80. The van der Waals surface area contributed by atoms with Crippen LogP contribution in [0.4, 0.5) is 0 Å². The zero-order chi connectivity index (χ0) is 20.0. The predicted molar refractivity (Wildman–Crippen MR) is 107 cm³/mol. The van der Waals surface area contributed by atoms with Crippen molar-refractivity contribution < 1.29 is 23.8 Å². The number of hydrogen-bond donors (Lipinski definition) is 0. The Hall–Kier alpha value is -1.88. The molecule has 5 heteroatoms. The Morgan fingerprint density at radius 1 is 1.18 bits per heavy atom. The molecule has 3 rings (SSSR count). The lowest BCUT2D eigenvalue weighted by atomic mass is 9.76. The Morgan fingerprint density at radius 3 is 2.64 bits per heavy atom. The molecule has 1 heterocycles. The fourth-order valence-corrected chi connectivity index (χ4v) is 4.65. The lowest BCUT2D eigenvalue weighted by Gasteiger charge is -2.41. The first kappa shape index (κ1) is 20.8. The summed E-state index contributed by atoms with van der Waals surface area (Å²) in [7, 11) is 1.66. The number of methoxy groups -OCH3 is 1. The molecule has 1 saturated carbocycles. The van der Waals surface area contributed by atoms with Crippen molar-refractivity contribution in [1.82, 2.24) is 0 Å². The fraction of sp³-hybridized carbons (Fsp3) is 0.652. The van der Waals surface area contributed by atoms with Crippen LogP contribution in [0.5, 0.6) is 5.75 Å². The third kappa shape index (κ3) is 4.93. The van der Waals surface area contributed by atoms with Crippen molar-refractivity contribution in [3.05, 3.63) is 29.3 Å². The minimum Gasteiger partial charge on any atom is -0.491 e. The molecule has 1 aromatic carbocycles. The molecule has 0 aromatic heterocycles. The second-order valence-corrected chi connectivity index (χ2v) is 8.05. The van der Waals surface area contributed by atoms with Gasteiger partial charge in [0.15, 0.2) is 0 Å². The molecule has 28 heavy (non-hydrogen) atoms. The zero-order valence-electron chi connectivity index (χ0n) is 17.1. The van der Waals surface area contributed by atoms with Crippen molar-refractivity contribution in [2.75, 3.05) is 20.3 Å². The van der Waals surface area contributed by atoms with Crippen LogP contribution in [0.1, 0.15) is 63.0 Å². The Morgan fingerprint density at radius 2 is 1.96 bits per heavy atom. The van der Waals surface area contributed by atoms with Crippen LogP contribution < -0.4 is 4.74 Å². The van der Waals surface area contributed by atoms with Gasteiger partial charge in [0.1, 0.15) is 30.2 Å². The SMILES string of the molecule is CCc1ccc(OCCOC)c(CCC2(C3CCCC3)CC(=O)CC(=O)O2)c1. The average molecular weight is 389 g/mol. The summed E-state index contributed by atoms with van der Waals surface area (Å²) >= 11 is 0. The van der Waals surface area contributed by atoms with Gasteiger partial charge in [-0.3, -0.25) is 9.59 Å². The van der Waals surface area contributed by atoms with Gasteiger partial charge in [0.2, 0.25) is 0 Å². The van der Waals surface area contributed by atoms with E-state index in [-0.39, 0.29) is 24.1 Å². The van der Waals surface area contributed by atoms with E-state index in [4.69, 9.17) is 14.2 Å². The quantitative estimate of drug-likeness (QED) is 0.363. The number of ether oxygens (including phenoxy) is 3. The van der Waals surface area contributed by atoms with Crippen LogP contribution in [0.2, 0.25) is 0 Å². The second kappa shape index (κ2) is 9.55. The normalized spacial score (nSPS) is 23.1. The average Bonchev–Trinajstić information content (AvgIpc) is 3.22. The summed E-state index contributed by atoms with van der Waals surface area (Å²) in [5.41, 5.74) is 1.72. The number of carbonyl (C=O) groups is 2. The Kier molecular flexibility index (Phi) is 7.11. The van der Waals surface area contributed by atoms with Gasteiger partial charge in [-0.25, -0.2) is 0 Å². The van der Waals surface area contributed by atoms with Gasteiger partial charge in [0.25, 0.3) is 0 Å². The van der Waals surface area contributed by atoms with Crippen molar-refractivity contribution in [1.29, 1.82) is 0 Å². The minimum absolute atomic E-state index is 0.0158. The molecular formula is C23H32O5. The summed E-state index contributed by atoms with van der Waals surface area (Å²) in [5, 5.41) is 0. The first-order valence-electron chi connectivity index (χ1n) is 10.5. The lowest BCUT2D eigenvalue weighted by Crippen LogP contribution is -2.48. The summed E-state index contributed by atoms with van der Waals surface area (Å²) in [6, 6.07) is 6.28. The number of aryl methyl sites for hydroxylation is 2. The number of carbonyl (C=O) groups excluding carboxylic acids is 2. The number of rotatable bonds is 9. The molecule has 5 nitrogen and oxygen atoms in total. The molecule has 1 aliphatic heterocycles. The molecule has 0 N–H and O–H groups in total. The summed E-state index contributed by atoms with van der Waals surface area (Å²) in [6.45, 7) is 3.16. The highest BCUT2D eigenvalue weighted by Gasteiger charge is 2.47. The largest absolute Gasteiger partial charge is 0.491 e. The van der Waals surface area contributed by atoms with E-state index in [1.54, 1.807) is 7.11 Å². The van der Waals surface area contributed by atoms with E-state index in [0.717, 1.165) is 49.8 Å². The molecule has 1 saturated heterocycles. The van der Waals surface area contributed by atoms with Gasteiger partial charge >= 0.3 is 5.97 Å². The third-order valence-corrected chi connectivity index (χ3v) is 6.15. The summed E-state index contributed by atoms with van der Waals surface area (Å²) in [5.74, 6) is 0.793. The van der Waals surface area contributed by atoms with Gasteiger partial charge in [0, 0.05) is 13.5 Å². The molecular weight excluding hydrogens is 356 g/mol. The van der Waals surface area contributed by atoms with Crippen LogP contribution in [0, 0.1) is 5.92 Å². The van der Waals surface area contributed by atoms with E-state index < -0.39 is 5.60 Å². The highest BCUT2D eigenvalue weighted by Crippen LogP contribution is 2.44. The Labute approximate surface area is 167 Å². The van der Waals surface area contributed by atoms with Crippen LogP contribution in [0.15, 0.2) is 18.2 Å². The van der Waals surface area contributed by atoms with Crippen molar-refractivity contribution in [2.45, 2.75) is 70.3 Å². The van der Waals surface area contributed by atoms with E-state index in [1.807, 2.05) is 6.07 Å².